The number of amides is 1. The summed E-state index contributed by atoms with van der Waals surface area (Å²) in [4.78, 5) is 31.1. The minimum atomic E-state index is -0.235. The average Bonchev–Trinajstić information content (AvgIpc) is 3.16. The van der Waals surface area contributed by atoms with Crippen LogP contribution in [0, 0.1) is 13.8 Å². The lowest BCUT2D eigenvalue weighted by Gasteiger charge is -2.14. The molecule has 24 heavy (non-hydrogen) atoms. The smallest absolute Gasteiger partial charge is 0.265 e. The third kappa shape index (κ3) is 3.51. The number of rotatable bonds is 6. The van der Waals surface area contributed by atoms with Crippen molar-refractivity contribution in [1.82, 2.24) is 19.8 Å². The molecule has 130 valence electrons. The van der Waals surface area contributed by atoms with E-state index in [1.807, 2.05) is 6.92 Å². The van der Waals surface area contributed by atoms with Crippen molar-refractivity contribution in [1.29, 1.82) is 0 Å². The van der Waals surface area contributed by atoms with E-state index in [0.717, 1.165) is 18.5 Å². The van der Waals surface area contributed by atoms with E-state index in [-0.39, 0.29) is 18.0 Å². The highest BCUT2D eigenvalue weighted by Crippen LogP contribution is 2.18. The fourth-order valence-electron chi connectivity index (χ4n) is 3.13. The molecule has 7 heteroatoms. The predicted octanol–water partition coefficient (Wildman–Crippen LogP) is 1.21. The quantitative estimate of drug-likeness (QED) is 0.804. The van der Waals surface area contributed by atoms with Crippen LogP contribution in [0.25, 0.3) is 11.1 Å². The second-order valence-electron chi connectivity index (χ2n) is 6.39. The van der Waals surface area contributed by atoms with Crippen LogP contribution in [0.15, 0.2) is 15.5 Å². The minimum Gasteiger partial charge on any atom is -0.443 e. The fourth-order valence-corrected chi connectivity index (χ4v) is 3.13. The lowest BCUT2D eigenvalue weighted by Crippen LogP contribution is -2.34. The van der Waals surface area contributed by atoms with Gasteiger partial charge in [-0.25, -0.2) is 4.98 Å². The Labute approximate surface area is 140 Å². The van der Waals surface area contributed by atoms with E-state index in [1.54, 1.807) is 6.92 Å². The summed E-state index contributed by atoms with van der Waals surface area (Å²) in [6, 6.07) is 0. The number of aromatic nitrogens is 2. The Bertz CT molecular complexity index is 787. The molecule has 3 rings (SSSR count). The Hall–Kier alpha value is -2.15. The zero-order chi connectivity index (χ0) is 17.1. The topological polar surface area (TPSA) is 80.4 Å². The summed E-state index contributed by atoms with van der Waals surface area (Å²) in [6.07, 6.45) is 4.85. The average molecular weight is 332 g/mol. The second-order valence-corrected chi connectivity index (χ2v) is 6.39. The van der Waals surface area contributed by atoms with Crippen molar-refractivity contribution in [2.45, 2.75) is 39.7 Å². The van der Waals surface area contributed by atoms with Crippen LogP contribution in [0.2, 0.25) is 0 Å². The second kappa shape index (κ2) is 7.17. The van der Waals surface area contributed by atoms with Crippen LogP contribution in [-0.2, 0) is 11.3 Å². The minimum absolute atomic E-state index is 0.0187. The molecule has 1 aliphatic rings. The predicted molar refractivity (Wildman–Crippen MR) is 91.0 cm³/mol. The molecule has 0 spiro atoms. The maximum atomic E-state index is 12.5. The zero-order valence-corrected chi connectivity index (χ0v) is 14.3. The lowest BCUT2D eigenvalue weighted by atomic mass is 10.2. The Balaban J connectivity index is 1.56. The van der Waals surface area contributed by atoms with Gasteiger partial charge in [-0.1, -0.05) is 0 Å². The van der Waals surface area contributed by atoms with Crippen molar-refractivity contribution in [3.63, 3.8) is 0 Å². The van der Waals surface area contributed by atoms with E-state index in [9.17, 15) is 9.59 Å². The summed E-state index contributed by atoms with van der Waals surface area (Å²) in [5, 5.41) is 3.33. The third-order valence-electron chi connectivity index (χ3n) is 4.64. The summed E-state index contributed by atoms with van der Waals surface area (Å²) in [5.41, 5.74) is 0.877. The monoisotopic (exact) mass is 332 g/mol. The molecule has 7 nitrogen and oxygen atoms in total. The molecular formula is C17H24N4O3. The van der Waals surface area contributed by atoms with Crippen molar-refractivity contribution in [3.8, 4) is 0 Å². The highest BCUT2D eigenvalue weighted by molar-refractivity contribution is 5.79. The molecule has 1 amide bonds. The first-order chi connectivity index (χ1) is 11.6. The lowest BCUT2D eigenvalue weighted by molar-refractivity contribution is -0.121. The van der Waals surface area contributed by atoms with Gasteiger partial charge < -0.3 is 14.6 Å². The number of hydrogen-bond donors (Lipinski definition) is 1. The van der Waals surface area contributed by atoms with Gasteiger partial charge >= 0.3 is 0 Å². The molecule has 3 heterocycles. The van der Waals surface area contributed by atoms with E-state index in [1.165, 1.54) is 36.8 Å². The molecule has 0 unspecified atom stereocenters. The highest BCUT2D eigenvalue weighted by atomic mass is 16.3. The molecule has 0 radical (unpaired) electrons. The molecule has 1 saturated heterocycles. The molecule has 0 saturated carbocycles. The van der Waals surface area contributed by atoms with Crippen LogP contribution in [-0.4, -0.2) is 46.5 Å². The first kappa shape index (κ1) is 16.7. The van der Waals surface area contributed by atoms with Crippen LogP contribution < -0.4 is 10.9 Å². The van der Waals surface area contributed by atoms with Gasteiger partial charge in [0.25, 0.3) is 5.56 Å². The van der Waals surface area contributed by atoms with Gasteiger partial charge in [-0.2, -0.15) is 0 Å². The number of hydrogen-bond acceptors (Lipinski definition) is 5. The summed E-state index contributed by atoms with van der Waals surface area (Å²) in [7, 11) is 0. The van der Waals surface area contributed by atoms with Crippen molar-refractivity contribution in [2.75, 3.05) is 26.2 Å². The molecule has 0 aromatic carbocycles. The van der Waals surface area contributed by atoms with Gasteiger partial charge in [0.05, 0.1) is 0 Å². The van der Waals surface area contributed by atoms with Gasteiger partial charge in [-0.3, -0.25) is 14.2 Å². The fraction of sp³-hybridized carbons (Fsp3) is 0.588. The molecule has 0 bridgehead atoms. The molecular weight excluding hydrogens is 308 g/mol. The standard InChI is InChI=1S/C17H24N4O3/c1-12-13(2)24-16-15(12)17(23)21(11-19-16)10-14(22)18-6-5-9-20-7-3-4-8-20/h11H,3-10H2,1-2H3,(H,18,22). The van der Waals surface area contributed by atoms with E-state index in [2.05, 4.69) is 15.2 Å². The SMILES string of the molecule is Cc1oc2ncn(CC(=O)NCCCN3CCCC3)c(=O)c2c1C. The maximum Gasteiger partial charge on any atom is 0.265 e. The molecule has 2 aromatic rings. The van der Waals surface area contributed by atoms with E-state index in [0.29, 0.717) is 23.4 Å². The van der Waals surface area contributed by atoms with Gasteiger partial charge in [0.2, 0.25) is 11.6 Å². The maximum absolute atomic E-state index is 12.5. The van der Waals surface area contributed by atoms with Crippen molar-refractivity contribution < 1.29 is 9.21 Å². The van der Waals surface area contributed by atoms with Gasteiger partial charge in [0, 0.05) is 12.1 Å². The van der Waals surface area contributed by atoms with Crippen LogP contribution in [0.3, 0.4) is 0 Å². The summed E-state index contributed by atoms with van der Waals surface area (Å²) >= 11 is 0. The first-order valence-corrected chi connectivity index (χ1v) is 8.50. The molecule has 1 N–H and O–H groups in total. The van der Waals surface area contributed by atoms with Gasteiger partial charge in [-0.15, -0.1) is 0 Å². The Kier molecular flexibility index (Phi) is 4.99. The summed E-state index contributed by atoms with van der Waals surface area (Å²) in [6.45, 7) is 7.58. The molecule has 1 fully saturated rings. The normalized spacial score (nSPS) is 15.2. The largest absolute Gasteiger partial charge is 0.443 e. The highest BCUT2D eigenvalue weighted by Gasteiger charge is 2.15. The first-order valence-electron chi connectivity index (χ1n) is 8.50. The number of nitrogens with zero attached hydrogens (tertiary/aromatic N) is 3. The van der Waals surface area contributed by atoms with E-state index >= 15 is 0 Å². The van der Waals surface area contributed by atoms with E-state index < -0.39 is 0 Å². The van der Waals surface area contributed by atoms with Crippen LogP contribution in [0.1, 0.15) is 30.6 Å². The van der Waals surface area contributed by atoms with Crippen LogP contribution >= 0.6 is 0 Å². The Morgan fingerprint density at radius 3 is 2.83 bits per heavy atom. The molecule has 0 atom stereocenters. The number of nitrogens with one attached hydrogen (secondary N) is 1. The van der Waals surface area contributed by atoms with Gasteiger partial charge in [-0.05, 0) is 52.7 Å². The van der Waals surface area contributed by atoms with Crippen molar-refractivity contribution >= 4 is 17.0 Å². The number of carbonyl (C=O) groups excluding carboxylic acids is 1. The summed E-state index contributed by atoms with van der Waals surface area (Å²) < 4.78 is 6.77. The van der Waals surface area contributed by atoms with Crippen LogP contribution in [0.5, 0.6) is 0 Å². The number of fused-ring (bicyclic) bond motifs is 1. The number of carbonyl (C=O) groups is 1. The molecule has 0 aliphatic carbocycles. The zero-order valence-electron chi connectivity index (χ0n) is 14.3. The Morgan fingerprint density at radius 2 is 2.08 bits per heavy atom. The van der Waals surface area contributed by atoms with Crippen LogP contribution in [0.4, 0.5) is 0 Å². The Morgan fingerprint density at radius 1 is 1.33 bits per heavy atom. The van der Waals surface area contributed by atoms with Gasteiger partial charge in [0.15, 0.2) is 0 Å². The van der Waals surface area contributed by atoms with Gasteiger partial charge in [0.1, 0.15) is 24.0 Å². The summed E-state index contributed by atoms with van der Waals surface area (Å²) in [5.74, 6) is 0.510. The molecule has 1 aliphatic heterocycles. The number of furan rings is 1. The molecule has 2 aromatic heterocycles. The number of aryl methyl sites for hydroxylation is 2. The van der Waals surface area contributed by atoms with E-state index in [4.69, 9.17) is 4.42 Å². The van der Waals surface area contributed by atoms with Crippen molar-refractivity contribution in [3.05, 3.63) is 28.0 Å². The van der Waals surface area contributed by atoms with Crippen molar-refractivity contribution in [2.24, 2.45) is 0 Å². The third-order valence-corrected chi connectivity index (χ3v) is 4.64. The number of likely N-dealkylation sites (tertiary alicyclic amines) is 1.